The lowest BCUT2D eigenvalue weighted by Gasteiger charge is -2.56. The third-order valence-corrected chi connectivity index (χ3v) is 6.71. The van der Waals surface area contributed by atoms with Gasteiger partial charge in [-0.25, -0.2) is 9.37 Å². The van der Waals surface area contributed by atoms with Crippen LogP contribution in [0.2, 0.25) is 0 Å². The number of aromatic hydroxyl groups is 1. The van der Waals surface area contributed by atoms with Crippen LogP contribution >= 0.6 is 0 Å². The number of fused-ring (bicyclic) bond motifs is 3. The lowest BCUT2D eigenvalue weighted by molar-refractivity contribution is -0.136. The van der Waals surface area contributed by atoms with Crippen LogP contribution in [0.3, 0.4) is 0 Å². The highest BCUT2D eigenvalue weighted by atomic mass is 19.1. The smallest absolute Gasteiger partial charge is 0.233 e. The van der Waals surface area contributed by atoms with Gasteiger partial charge in [-0.05, 0) is 45.0 Å². The molecular weight excluding hydrogens is 385 g/mol. The highest BCUT2D eigenvalue weighted by molar-refractivity contribution is 5.68. The molecule has 156 valence electrons. The molecule has 0 spiro atoms. The third-order valence-electron chi connectivity index (χ3n) is 6.71. The van der Waals surface area contributed by atoms with Crippen LogP contribution in [-0.4, -0.2) is 61.2 Å². The number of alkyl halides is 1. The van der Waals surface area contributed by atoms with E-state index in [1.54, 1.807) is 47.6 Å². The molecule has 1 saturated carbocycles. The molecule has 1 N–H and O–H groups in total. The predicted octanol–water partition coefficient (Wildman–Crippen LogP) is 3.23. The maximum atomic E-state index is 15.2. The lowest BCUT2D eigenvalue weighted by Crippen LogP contribution is -2.68. The summed E-state index contributed by atoms with van der Waals surface area (Å²) >= 11 is 0. The average Bonchev–Trinajstić information content (AvgIpc) is 3.28. The molecule has 1 aliphatic carbocycles. The number of imidazole rings is 1. The van der Waals surface area contributed by atoms with Crippen LogP contribution in [-0.2, 0) is 0 Å². The molecule has 30 heavy (non-hydrogen) atoms. The summed E-state index contributed by atoms with van der Waals surface area (Å²) in [6, 6.07) is 8.71. The van der Waals surface area contributed by atoms with Crippen molar-refractivity contribution in [3.05, 3.63) is 49.1 Å². The zero-order valence-corrected chi connectivity index (χ0v) is 16.9. The summed E-state index contributed by atoms with van der Waals surface area (Å²) in [5.41, 5.74) is 1.38. The van der Waals surface area contributed by atoms with Crippen molar-refractivity contribution in [1.29, 1.82) is 0 Å². The molecular formula is C22H24FN5O2. The van der Waals surface area contributed by atoms with Gasteiger partial charge in [0.15, 0.2) is 6.17 Å². The van der Waals surface area contributed by atoms with E-state index in [0.29, 0.717) is 17.1 Å². The molecule has 1 aromatic carbocycles. The number of aromatic nitrogens is 4. The van der Waals surface area contributed by atoms with Gasteiger partial charge in [0, 0.05) is 42.6 Å². The molecule has 0 amide bonds. The third kappa shape index (κ3) is 3.02. The number of phenolic OH excluding ortho intramolecular Hbond substituents is 1. The van der Waals surface area contributed by atoms with Crippen molar-refractivity contribution in [3.8, 4) is 28.6 Å². The summed E-state index contributed by atoms with van der Waals surface area (Å²) in [7, 11) is 1.98. The Hall–Kier alpha value is -3.00. The molecule has 2 aromatic heterocycles. The number of nitrogens with zero attached hydrogens (tertiary/aromatic N) is 5. The van der Waals surface area contributed by atoms with E-state index in [0.717, 1.165) is 25.1 Å². The minimum absolute atomic E-state index is 0.0912. The molecule has 2 saturated heterocycles. The van der Waals surface area contributed by atoms with E-state index in [4.69, 9.17) is 4.74 Å². The van der Waals surface area contributed by atoms with Gasteiger partial charge in [0.05, 0.1) is 23.2 Å². The fourth-order valence-electron chi connectivity index (χ4n) is 4.66. The van der Waals surface area contributed by atoms with Crippen molar-refractivity contribution in [2.24, 2.45) is 5.92 Å². The highest BCUT2D eigenvalue weighted by Gasteiger charge is 2.55. The Labute approximate surface area is 174 Å². The molecule has 4 atom stereocenters. The number of benzene rings is 1. The topological polar surface area (TPSA) is 76.3 Å². The fourth-order valence-corrected chi connectivity index (χ4v) is 4.66. The van der Waals surface area contributed by atoms with Gasteiger partial charge in [-0.1, -0.05) is 0 Å². The standard InChI is InChI=1S/C22H24FN5O2/c1-22-8-7-14(12-27(22)2)20(21(22)23)30-19-6-5-17(25-26-19)16-4-3-15(11-18(16)29)28-10-9-24-13-28/h3-6,9-11,13-14,20-21,29H,7-8,12H2,1-2H3/t14?,20-,21-,22-/m1/s1. The summed E-state index contributed by atoms with van der Waals surface area (Å²) in [5, 5.41) is 18.8. The first-order valence-electron chi connectivity index (χ1n) is 10.1. The summed E-state index contributed by atoms with van der Waals surface area (Å²) in [6.07, 6.45) is 5.35. The van der Waals surface area contributed by atoms with Crippen molar-refractivity contribution >= 4 is 0 Å². The second kappa shape index (κ2) is 7.05. The van der Waals surface area contributed by atoms with Crippen LogP contribution in [0.25, 0.3) is 16.9 Å². The second-order valence-electron chi connectivity index (χ2n) is 8.45. The van der Waals surface area contributed by atoms with Crippen LogP contribution < -0.4 is 4.74 Å². The molecule has 2 bridgehead atoms. The second-order valence-corrected chi connectivity index (χ2v) is 8.45. The molecule has 1 unspecified atom stereocenters. The van der Waals surface area contributed by atoms with Crippen LogP contribution in [0.15, 0.2) is 49.1 Å². The zero-order chi connectivity index (χ0) is 20.9. The van der Waals surface area contributed by atoms with Gasteiger partial charge < -0.3 is 14.4 Å². The molecule has 7 nitrogen and oxygen atoms in total. The van der Waals surface area contributed by atoms with E-state index in [2.05, 4.69) is 20.1 Å². The van der Waals surface area contributed by atoms with Gasteiger partial charge in [0.2, 0.25) is 5.88 Å². The summed E-state index contributed by atoms with van der Waals surface area (Å²) in [4.78, 5) is 6.12. The minimum atomic E-state index is -1.07. The first-order chi connectivity index (χ1) is 14.5. The van der Waals surface area contributed by atoms with E-state index in [1.165, 1.54) is 0 Å². The molecule has 0 radical (unpaired) electrons. The Morgan fingerprint density at radius 1 is 1.23 bits per heavy atom. The first-order valence-corrected chi connectivity index (χ1v) is 10.1. The maximum Gasteiger partial charge on any atom is 0.233 e. The quantitative estimate of drug-likeness (QED) is 0.713. The molecule has 6 rings (SSSR count). The Bertz CT molecular complexity index is 1040. The molecule has 3 fully saturated rings. The van der Waals surface area contributed by atoms with Gasteiger partial charge in [0.1, 0.15) is 11.9 Å². The van der Waals surface area contributed by atoms with Crippen LogP contribution in [0.1, 0.15) is 19.8 Å². The number of phenols is 1. The van der Waals surface area contributed by atoms with Crippen LogP contribution in [0.5, 0.6) is 11.6 Å². The molecule has 3 aliphatic rings. The van der Waals surface area contributed by atoms with Crippen molar-refractivity contribution < 1.29 is 14.2 Å². The number of hydrogen-bond donors (Lipinski definition) is 1. The van der Waals surface area contributed by atoms with E-state index in [9.17, 15) is 5.11 Å². The monoisotopic (exact) mass is 409 g/mol. The average molecular weight is 409 g/mol. The van der Waals surface area contributed by atoms with E-state index in [-0.39, 0.29) is 11.7 Å². The Balaban J connectivity index is 1.34. The normalized spacial score (nSPS) is 28.6. The summed E-state index contributed by atoms with van der Waals surface area (Å²) < 4.78 is 22.9. The summed E-state index contributed by atoms with van der Waals surface area (Å²) in [6.45, 7) is 2.79. The Morgan fingerprint density at radius 2 is 2.10 bits per heavy atom. The summed E-state index contributed by atoms with van der Waals surface area (Å²) in [5.74, 6) is 0.543. The minimum Gasteiger partial charge on any atom is -0.507 e. The van der Waals surface area contributed by atoms with Crippen LogP contribution in [0, 0.1) is 5.92 Å². The van der Waals surface area contributed by atoms with Crippen LogP contribution in [0.4, 0.5) is 4.39 Å². The Kier molecular flexibility index (Phi) is 4.47. The maximum absolute atomic E-state index is 15.2. The van der Waals surface area contributed by atoms with E-state index in [1.807, 2.05) is 20.0 Å². The number of piperidine rings is 2. The van der Waals surface area contributed by atoms with Gasteiger partial charge in [-0.2, -0.15) is 0 Å². The number of ether oxygens (including phenoxy) is 1. The molecule has 2 aliphatic heterocycles. The first kappa shape index (κ1) is 19.0. The fraction of sp³-hybridized carbons (Fsp3) is 0.409. The van der Waals surface area contributed by atoms with Crippen molar-refractivity contribution in [2.75, 3.05) is 13.6 Å². The predicted molar refractivity (Wildman–Crippen MR) is 109 cm³/mol. The number of hydrogen-bond acceptors (Lipinski definition) is 6. The number of halogens is 1. The van der Waals surface area contributed by atoms with E-state index < -0.39 is 17.8 Å². The van der Waals surface area contributed by atoms with Crippen molar-refractivity contribution in [3.63, 3.8) is 0 Å². The Morgan fingerprint density at radius 3 is 2.77 bits per heavy atom. The van der Waals surface area contributed by atoms with Gasteiger partial charge in [-0.15, -0.1) is 10.2 Å². The van der Waals surface area contributed by atoms with Gasteiger partial charge in [0.25, 0.3) is 0 Å². The van der Waals surface area contributed by atoms with Crippen molar-refractivity contribution in [1.82, 2.24) is 24.6 Å². The molecule has 4 heterocycles. The molecule has 3 aromatic rings. The largest absolute Gasteiger partial charge is 0.507 e. The lowest BCUT2D eigenvalue weighted by atomic mass is 9.68. The van der Waals surface area contributed by atoms with Gasteiger partial charge >= 0.3 is 0 Å². The van der Waals surface area contributed by atoms with E-state index >= 15 is 4.39 Å². The van der Waals surface area contributed by atoms with Gasteiger partial charge in [-0.3, -0.25) is 4.90 Å². The SMILES string of the molecule is CN1CC2CC[C@]1(C)[C@H](F)[C@@H]2Oc1ccc(-c2ccc(-n3ccnc3)cc2O)nn1. The number of rotatable bonds is 4. The molecule has 8 heteroatoms. The van der Waals surface area contributed by atoms with Crippen molar-refractivity contribution in [2.45, 2.75) is 37.6 Å². The zero-order valence-electron chi connectivity index (χ0n) is 16.9. The highest BCUT2D eigenvalue weighted by Crippen LogP contribution is 2.45.